The van der Waals surface area contributed by atoms with Crippen molar-refractivity contribution in [3.05, 3.63) is 70.9 Å². The van der Waals surface area contributed by atoms with Crippen LogP contribution in [-0.2, 0) is 22.1 Å². The Bertz CT molecular complexity index is 1120. The van der Waals surface area contributed by atoms with Crippen LogP contribution in [0.25, 0.3) is 0 Å². The third-order valence-electron chi connectivity index (χ3n) is 4.63. The van der Waals surface area contributed by atoms with Gasteiger partial charge in [-0.15, -0.1) is 0 Å². The fourth-order valence-electron chi connectivity index (χ4n) is 3.27. The van der Waals surface area contributed by atoms with Crippen LogP contribution >= 0.6 is 11.6 Å². The number of benzene rings is 1. The van der Waals surface area contributed by atoms with E-state index in [1.807, 2.05) is 20.8 Å². The summed E-state index contributed by atoms with van der Waals surface area (Å²) in [6.45, 7) is 6.28. The molecule has 0 aliphatic heterocycles. The van der Waals surface area contributed by atoms with Crippen molar-refractivity contribution in [3.63, 3.8) is 0 Å². The van der Waals surface area contributed by atoms with Crippen molar-refractivity contribution >= 4 is 27.3 Å². The summed E-state index contributed by atoms with van der Waals surface area (Å²) in [6, 6.07) is 9.85. The van der Waals surface area contributed by atoms with Crippen molar-refractivity contribution in [1.82, 2.24) is 14.5 Å². The van der Waals surface area contributed by atoms with Gasteiger partial charge in [0.25, 0.3) is 5.91 Å². The van der Waals surface area contributed by atoms with E-state index in [0.29, 0.717) is 22.8 Å². The van der Waals surface area contributed by atoms with Crippen molar-refractivity contribution in [2.24, 2.45) is 0 Å². The maximum Gasteiger partial charge on any atom is 0.289 e. The standard InChI is InChI=1S/C21H24ClN3O4S/c1-4-24(20(26)19-9-6-10-29-19)13-18-12-23-21(25(18)15(2)3)30(27,28)14-16-7-5-8-17(22)11-16/h5-12,15H,4,13-14H2,1-3H3. The Labute approximate surface area is 181 Å². The Balaban J connectivity index is 1.92. The number of nitrogens with zero attached hydrogens (tertiary/aromatic N) is 3. The lowest BCUT2D eigenvalue weighted by Crippen LogP contribution is -2.31. The van der Waals surface area contributed by atoms with E-state index in [1.54, 1.807) is 45.9 Å². The second-order valence-electron chi connectivity index (χ2n) is 7.18. The molecule has 7 nitrogen and oxygen atoms in total. The van der Waals surface area contributed by atoms with E-state index in [0.717, 1.165) is 0 Å². The number of sulfone groups is 1. The molecule has 160 valence electrons. The molecule has 2 aromatic heterocycles. The Hall–Kier alpha value is -2.58. The molecule has 3 aromatic rings. The van der Waals surface area contributed by atoms with Crippen LogP contribution in [0.5, 0.6) is 0 Å². The van der Waals surface area contributed by atoms with Crippen LogP contribution in [0.3, 0.4) is 0 Å². The second kappa shape index (κ2) is 9.06. The number of imidazole rings is 1. The van der Waals surface area contributed by atoms with Crippen molar-refractivity contribution in [2.45, 2.75) is 44.3 Å². The second-order valence-corrected chi connectivity index (χ2v) is 9.50. The maximum atomic E-state index is 13.1. The molecule has 0 bridgehead atoms. The summed E-state index contributed by atoms with van der Waals surface area (Å²) in [4.78, 5) is 18.5. The van der Waals surface area contributed by atoms with Crippen molar-refractivity contribution in [1.29, 1.82) is 0 Å². The molecule has 0 N–H and O–H groups in total. The van der Waals surface area contributed by atoms with Gasteiger partial charge in [0.15, 0.2) is 5.76 Å². The largest absolute Gasteiger partial charge is 0.459 e. The molecule has 0 atom stereocenters. The third kappa shape index (κ3) is 4.76. The number of carbonyl (C=O) groups excluding carboxylic acids is 1. The zero-order valence-corrected chi connectivity index (χ0v) is 18.7. The van der Waals surface area contributed by atoms with Gasteiger partial charge in [0, 0.05) is 17.6 Å². The highest BCUT2D eigenvalue weighted by molar-refractivity contribution is 7.90. The molecule has 0 fully saturated rings. The molecule has 0 saturated heterocycles. The average Bonchev–Trinajstić information content (AvgIpc) is 3.35. The molecule has 1 amide bonds. The summed E-state index contributed by atoms with van der Waals surface area (Å²) in [7, 11) is -3.72. The average molecular weight is 450 g/mol. The van der Waals surface area contributed by atoms with Crippen LogP contribution in [0.15, 0.2) is 58.4 Å². The topological polar surface area (TPSA) is 85.4 Å². The minimum absolute atomic E-state index is 0.0195. The number of amides is 1. The third-order valence-corrected chi connectivity index (χ3v) is 6.44. The molecule has 2 heterocycles. The van der Waals surface area contributed by atoms with Gasteiger partial charge in [-0.1, -0.05) is 23.7 Å². The van der Waals surface area contributed by atoms with Gasteiger partial charge in [0.2, 0.25) is 15.0 Å². The highest BCUT2D eigenvalue weighted by atomic mass is 35.5. The maximum absolute atomic E-state index is 13.1. The zero-order valence-electron chi connectivity index (χ0n) is 17.1. The van der Waals surface area contributed by atoms with Crippen molar-refractivity contribution in [3.8, 4) is 0 Å². The predicted molar refractivity (Wildman–Crippen MR) is 114 cm³/mol. The lowest BCUT2D eigenvalue weighted by molar-refractivity contribution is 0.0716. The normalized spacial score (nSPS) is 11.8. The monoisotopic (exact) mass is 449 g/mol. The van der Waals surface area contributed by atoms with E-state index >= 15 is 0 Å². The van der Waals surface area contributed by atoms with E-state index < -0.39 is 9.84 Å². The van der Waals surface area contributed by atoms with Gasteiger partial charge in [0.1, 0.15) is 0 Å². The van der Waals surface area contributed by atoms with Crippen LogP contribution in [0.4, 0.5) is 0 Å². The van der Waals surface area contributed by atoms with Crippen molar-refractivity contribution in [2.75, 3.05) is 6.54 Å². The molecule has 3 rings (SSSR count). The zero-order chi connectivity index (χ0) is 21.9. The van der Waals surface area contributed by atoms with E-state index in [9.17, 15) is 13.2 Å². The van der Waals surface area contributed by atoms with Gasteiger partial charge in [-0.25, -0.2) is 13.4 Å². The van der Waals surface area contributed by atoms with E-state index in [4.69, 9.17) is 16.0 Å². The number of hydrogen-bond acceptors (Lipinski definition) is 5. The quantitative estimate of drug-likeness (QED) is 0.510. The Morgan fingerprint density at radius 3 is 2.63 bits per heavy atom. The summed E-state index contributed by atoms with van der Waals surface area (Å²) < 4.78 is 33.1. The van der Waals surface area contributed by atoms with Gasteiger partial charge in [-0.3, -0.25) is 4.79 Å². The number of rotatable bonds is 8. The smallest absolute Gasteiger partial charge is 0.289 e. The van der Waals surface area contributed by atoms with Gasteiger partial charge in [-0.2, -0.15) is 0 Å². The highest BCUT2D eigenvalue weighted by Crippen LogP contribution is 2.24. The molecule has 9 heteroatoms. The Morgan fingerprint density at radius 2 is 2.03 bits per heavy atom. The van der Waals surface area contributed by atoms with Crippen LogP contribution < -0.4 is 0 Å². The van der Waals surface area contributed by atoms with Crippen LogP contribution in [0, 0.1) is 0 Å². The van der Waals surface area contributed by atoms with Crippen LogP contribution in [-0.4, -0.2) is 35.3 Å². The SMILES string of the molecule is CCN(Cc1cnc(S(=O)(=O)Cc2cccc(Cl)c2)n1C(C)C)C(=O)c1ccco1. The first-order chi connectivity index (χ1) is 14.2. The fraction of sp³-hybridized carbons (Fsp3) is 0.333. The number of hydrogen-bond donors (Lipinski definition) is 0. The summed E-state index contributed by atoms with van der Waals surface area (Å²) in [6.07, 6.45) is 2.96. The van der Waals surface area contributed by atoms with Crippen LogP contribution in [0.1, 0.15) is 48.6 Å². The summed E-state index contributed by atoms with van der Waals surface area (Å²) >= 11 is 5.99. The molecule has 0 saturated carbocycles. The lowest BCUT2D eigenvalue weighted by atomic mass is 10.2. The first-order valence-electron chi connectivity index (χ1n) is 9.59. The highest BCUT2D eigenvalue weighted by Gasteiger charge is 2.27. The molecular weight excluding hydrogens is 426 g/mol. The molecule has 30 heavy (non-hydrogen) atoms. The Kier molecular flexibility index (Phi) is 6.67. The molecule has 0 spiro atoms. The van der Waals surface area contributed by atoms with Gasteiger partial charge in [0.05, 0.1) is 30.5 Å². The minimum Gasteiger partial charge on any atom is -0.459 e. The summed E-state index contributed by atoms with van der Waals surface area (Å²) in [5.74, 6) is -0.233. The molecule has 0 unspecified atom stereocenters. The van der Waals surface area contributed by atoms with Crippen molar-refractivity contribution < 1.29 is 17.6 Å². The predicted octanol–water partition coefficient (Wildman–Crippen LogP) is 4.35. The number of carbonyl (C=O) groups is 1. The molecule has 0 aliphatic rings. The first-order valence-corrected chi connectivity index (χ1v) is 11.6. The van der Waals surface area contributed by atoms with Gasteiger partial charge >= 0.3 is 0 Å². The molecular formula is C21H24ClN3O4S. The fourth-order valence-corrected chi connectivity index (χ4v) is 5.07. The number of aromatic nitrogens is 2. The number of halogens is 1. The minimum atomic E-state index is -3.72. The van der Waals surface area contributed by atoms with E-state index in [1.165, 1.54) is 12.5 Å². The lowest BCUT2D eigenvalue weighted by Gasteiger charge is -2.22. The molecule has 0 radical (unpaired) electrons. The molecule has 1 aromatic carbocycles. The summed E-state index contributed by atoms with van der Waals surface area (Å²) in [5.41, 5.74) is 1.22. The van der Waals surface area contributed by atoms with E-state index in [-0.39, 0.29) is 35.2 Å². The van der Waals surface area contributed by atoms with Gasteiger partial charge < -0.3 is 13.9 Å². The van der Waals surface area contributed by atoms with Gasteiger partial charge in [-0.05, 0) is 50.6 Å². The first kappa shape index (κ1) is 22.1. The van der Waals surface area contributed by atoms with Crippen LogP contribution in [0.2, 0.25) is 5.02 Å². The Morgan fingerprint density at radius 1 is 1.27 bits per heavy atom. The van der Waals surface area contributed by atoms with E-state index in [2.05, 4.69) is 4.98 Å². The summed E-state index contributed by atoms with van der Waals surface area (Å²) in [5, 5.41) is 0.458. The molecule has 0 aliphatic carbocycles. The number of furan rings is 1.